The molecule has 0 saturated heterocycles. The Hall–Kier alpha value is -3.71. The van der Waals surface area contributed by atoms with Crippen molar-refractivity contribution < 1.29 is 9.59 Å². The minimum atomic E-state index is -0.363. The summed E-state index contributed by atoms with van der Waals surface area (Å²) >= 11 is 1.32. The fourth-order valence-corrected chi connectivity index (χ4v) is 4.56. The molecule has 162 valence electrons. The van der Waals surface area contributed by atoms with Crippen molar-refractivity contribution in [3.05, 3.63) is 82.4 Å². The standard InChI is InChI=1S/C25H24N4O2S/c1-14-6-5-7-19(12-14)26-24(31)29-25-27-20-9-8-18(13-21(20)32-25)23(30)28-22-16(3)10-15(2)11-17(22)4/h5-13H,1-4H3,(H,28,30)(H2,26,27,29,31). The van der Waals surface area contributed by atoms with Crippen molar-refractivity contribution in [3.8, 4) is 0 Å². The van der Waals surface area contributed by atoms with Crippen LogP contribution in [-0.2, 0) is 0 Å². The third-order valence-corrected chi connectivity index (χ3v) is 6.00. The van der Waals surface area contributed by atoms with Gasteiger partial charge in [-0.25, -0.2) is 9.78 Å². The summed E-state index contributed by atoms with van der Waals surface area (Å²) in [5.41, 5.74) is 7.09. The first-order valence-electron chi connectivity index (χ1n) is 10.2. The number of urea groups is 1. The van der Waals surface area contributed by atoms with E-state index in [-0.39, 0.29) is 11.9 Å². The van der Waals surface area contributed by atoms with Crippen LogP contribution in [0.1, 0.15) is 32.6 Å². The van der Waals surface area contributed by atoms with Crippen molar-refractivity contribution in [2.24, 2.45) is 0 Å². The largest absolute Gasteiger partial charge is 0.325 e. The number of hydrogen-bond acceptors (Lipinski definition) is 4. The van der Waals surface area contributed by atoms with E-state index in [0.717, 1.165) is 38.2 Å². The van der Waals surface area contributed by atoms with Crippen LogP contribution in [-0.4, -0.2) is 16.9 Å². The molecule has 0 spiro atoms. The number of anilines is 3. The van der Waals surface area contributed by atoms with Gasteiger partial charge in [-0.05, 0) is 74.7 Å². The lowest BCUT2D eigenvalue weighted by atomic mass is 10.0. The van der Waals surface area contributed by atoms with Gasteiger partial charge in [-0.15, -0.1) is 0 Å². The molecule has 0 radical (unpaired) electrons. The molecule has 4 rings (SSSR count). The fourth-order valence-electron chi connectivity index (χ4n) is 3.66. The first-order valence-corrected chi connectivity index (χ1v) is 11.0. The smallest absolute Gasteiger partial charge is 0.322 e. The highest BCUT2D eigenvalue weighted by atomic mass is 32.1. The van der Waals surface area contributed by atoms with E-state index in [1.807, 2.05) is 52.0 Å². The summed E-state index contributed by atoms with van der Waals surface area (Å²) in [6.07, 6.45) is 0. The topological polar surface area (TPSA) is 83.1 Å². The molecular weight excluding hydrogens is 420 g/mol. The van der Waals surface area contributed by atoms with Crippen molar-refractivity contribution in [2.45, 2.75) is 27.7 Å². The second-order valence-electron chi connectivity index (χ2n) is 7.88. The van der Waals surface area contributed by atoms with Gasteiger partial charge >= 0.3 is 6.03 Å². The van der Waals surface area contributed by atoms with Gasteiger partial charge in [0.1, 0.15) is 0 Å². The van der Waals surface area contributed by atoms with Crippen LogP contribution in [0.25, 0.3) is 10.2 Å². The molecule has 0 aliphatic heterocycles. The number of amides is 3. The summed E-state index contributed by atoms with van der Waals surface area (Å²) in [7, 11) is 0. The van der Waals surface area contributed by atoms with Gasteiger partial charge < -0.3 is 10.6 Å². The van der Waals surface area contributed by atoms with Crippen molar-refractivity contribution >= 4 is 50.0 Å². The number of thiazole rings is 1. The Balaban J connectivity index is 1.49. The third-order valence-electron chi connectivity index (χ3n) is 5.06. The summed E-state index contributed by atoms with van der Waals surface area (Å²) in [6, 6.07) is 16.6. The van der Waals surface area contributed by atoms with Crippen molar-refractivity contribution in [2.75, 3.05) is 16.0 Å². The lowest BCUT2D eigenvalue weighted by molar-refractivity contribution is 0.102. The quantitative estimate of drug-likeness (QED) is 0.339. The molecule has 0 bridgehead atoms. The van der Waals surface area contributed by atoms with Crippen LogP contribution in [0.2, 0.25) is 0 Å². The van der Waals surface area contributed by atoms with Crippen LogP contribution >= 0.6 is 11.3 Å². The lowest BCUT2D eigenvalue weighted by Crippen LogP contribution is -2.19. The van der Waals surface area contributed by atoms with Gasteiger partial charge in [0.25, 0.3) is 5.91 Å². The molecule has 0 atom stereocenters. The molecule has 4 aromatic rings. The molecule has 6 nitrogen and oxygen atoms in total. The number of fused-ring (bicyclic) bond motifs is 1. The van der Waals surface area contributed by atoms with E-state index in [0.29, 0.717) is 16.4 Å². The highest BCUT2D eigenvalue weighted by Gasteiger charge is 2.14. The lowest BCUT2D eigenvalue weighted by Gasteiger charge is -2.12. The van der Waals surface area contributed by atoms with Crippen LogP contribution in [0.3, 0.4) is 0 Å². The molecule has 0 aliphatic carbocycles. The fraction of sp³-hybridized carbons (Fsp3) is 0.160. The van der Waals surface area contributed by atoms with Gasteiger partial charge in [-0.1, -0.05) is 41.2 Å². The number of aromatic nitrogens is 1. The summed E-state index contributed by atoms with van der Waals surface area (Å²) in [4.78, 5) is 29.6. The average Bonchev–Trinajstić information content (AvgIpc) is 3.11. The number of aryl methyl sites for hydroxylation is 4. The molecule has 1 aromatic heterocycles. The Bertz CT molecular complexity index is 1320. The molecule has 0 fully saturated rings. The van der Waals surface area contributed by atoms with E-state index in [2.05, 4.69) is 33.1 Å². The molecule has 7 heteroatoms. The SMILES string of the molecule is Cc1cccc(NC(=O)Nc2nc3ccc(C(=O)Nc4c(C)cc(C)cc4C)cc3s2)c1. The molecule has 3 N–H and O–H groups in total. The molecule has 0 aliphatic rings. The first kappa shape index (κ1) is 21.5. The van der Waals surface area contributed by atoms with Crippen LogP contribution in [0.4, 0.5) is 21.3 Å². The number of rotatable bonds is 4. The molecule has 3 amide bonds. The molecule has 0 saturated carbocycles. The zero-order valence-corrected chi connectivity index (χ0v) is 19.2. The minimum Gasteiger partial charge on any atom is -0.322 e. The van der Waals surface area contributed by atoms with Crippen LogP contribution < -0.4 is 16.0 Å². The second kappa shape index (κ2) is 8.80. The summed E-state index contributed by atoms with van der Waals surface area (Å²) in [6.45, 7) is 7.98. The average molecular weight is 445 g/mol. The van der Waals surface area contributed by atoms with E-state index in [1.165, 1.54) is 11.3 Å². The maximum Gasteiger partial charge on any atom is 0.325 e. The normalized spacial score (nSPS) is 10.8. The van der Waals surface area contributed by atoms with Gasteiger partial charge in [0.2, 0.25) is 0 Å². The first-order chi connectivity index (χ1) is 15.3. The predicted octanol–water partition coefficient (Wildman–Crippen LogP) is 6.43. The van der Waals surface area contributed by atoms with Gasteiger partial charge in [0.15, 0.2) is 5.13 Å². The number of carbonyl (C=O) groups is 2. The Morgan fingerprint density at radius 3 is 2.28 bits per heavy atom. The summed E-state index contributed by atoms with van der Waals surface area (Å²) in [5, 5.41) is 9.05. The molecule has 3 aromatic carbocycles. The number of hydrogen-bond donors (Lipinski definition) is 3. The van der Waals surface area contributed by atoms with Gasteiger partial charge in [0, 0.05) is 16.9 Å². The Labute approximate surface area is 190 Å². The van der Waals surface area contributed by atoms with Crippen molar-refractivity contribution in [1.82, 2.24) is 4.98 Å². The zero-order valence-electron chi connectivity index (χ0n) is 18.4. The van der Waals surface area contributed by atoms with Gasteiger partial charge in [0.05, 0.1) is 10.2 Å². The predicted molar refractivity (Wildman–Crippen MR) is 132 cm³/mol. The highest BCUT2D eigenvalue weighted by molar-refractivity contribution is 7.22. The monoisotopic (exact) mass is 444 g/mol. The molecule has 32 heavy (non-hydrogen) atoms. The van der Waals surface area contributed by atoms with Crippen molar-refractivity contribution in [3.63, 3.8) is 0 Å². The van der Waals surface area contributed by atoms with Gasteiger partial charge in [-0.2, -0.15) is 0 Å². The molecule has 1 heterocycles. The van der Waals surface area contributed by atoms with Gasteiger partial charge in [-0.3, -0.25) is 10.1 Å². The minimum absolute atomic E-state index is 0.179. The van der Waals surface area contributed by atoms with Crippen LogP contribution in [0.5, 0.6) is 0 Å². The molecule has 0 unspecified atom stereocenters. The number of nitrogens with zero attached hydrogens (tertiary/aromatic N) is 1. The van der Waals surface area contributed by atoms with Crippen LogP contribution in [0.15, 0.2) is 54.6 Å². The zero-order chi connectivity index (χ0) is 22.8. The molecular formula is C25H24N4O2S. The Kier molecular flexibility index (Phi) is 5.92. The second-order valence-corrected chi connectivity index (χ2v) is 8.91. The number of benzene rings is 3. The maximum atomic E-state index is 12.9. The van der Waals surface area contributed by atoms with E-state index in [1.54, 1.807) is 18.2 Å². The van der Waals surface area contributed by atoms with Crippen LogP contribution in [0, 0.1) is 27.7 Å². The maximum absolute atomic E-state index is 12.9. The number of carbonyl (C=O) groups excluding carboxylic acids is 2. The highest BCUT2D eigenvalue weighted by Crippen LogP contribution is 2.28. The van der Waals surface area contributed by atoms with E-state index < -0.39 is 0 Å². The third kappa shape index (κ3) is 4.78. The van der Waals surface area contributed by atoms with Crippen molar-refractivity contribution in [1.29, 1.82) is 0 Å². The Morgan fingerprint density at radius 1 is 0.812 bits per heavy atom. The van der Waals surface area contributed by atoms with E-state index in [4.69, 9.17) is 0 Å². The Morgan fingerprint density at radius 2 is 1.56 bits per heavy atom. The van der Waals surface area contributed by atoms with E-state index >= 15 is 0 Å². The summed E-state index contributed by atoms with van der Waals surface area (Å²) < 4.78 is 0.820. The van der Waals surface area contributed by atoms with E-state index in [9.17, 15) is 9.59 Å². The summed E-state index contributed by atoms with van der Waals surface area (Å²) in [5.74, 6) is -0.179. The number of nitrogens with one attached hydrogen (secondary N) is 3.